The Morgan fingerprint density at radius 1 is 0.871 bits per heavy atom. The van der Waals surface area contributed by atoms with Crippen molar-refractivity contribution in [3.8, 4) is 0 Å². The van der Waals surface area contributed by atoms with E-state index < -0.39 is 131 Å². The van der Waals surface area contributed by atoms with E-state index >= 15 is 9.59 Å². The van der Waals surface area contributed by atoms with Crippen molar-refractivity contribution in [2.75, 3.05) is 33.0 Å². The molecule has 380 valence electrons. The van der Waals surface area contributed by atoms with Gasteiger partial charge in [-0.15, -0.1) is 0 Å². The summed E-state index contributed by atoms with van der Waals surface area (Å²) in [5.41, 5.74) is -7.25. The number of fused-ring (bicyclic) bond motifs is 4. The van der Waals surface area contributed by atoms with Gasteiger partial charge in [-0.25, -0.2) is 19.2 Å². The van der Waals surface area contributed by atoms with Crippen LogP contribution in [0.2, 0.25) is 0 Å². The van der Waals surface area contributed by atoms with Gasteiger partial charge >= 0.3 is 35.9 Å². The molecule has 7 rings (SSSR count). The van der Waals surface area contributed by atoms with Crippen LogP contribution in [0.25, 0.3) is 0 Å². The molecule has 1 saturated heterocycles. The predicted molar refractivity (Wildman–Crippen MR) is 245 cm³/mol. The highest BCUT2D eigenvalue weighted by atomic mass is 16.6. The number of hydrogen-bond acceptors (Lipinski definition) is 17. The summed E-state index contributed by atoms with van der Waals surface area (Å²) in [7, 11) is 0. The Morgan fingerprint density at radius 3 is 2.13 bits per heavy atom. The van der Waals surface area contributed by atoms with Crippen molar-refractivity contribution in [3.63, 3.8) is 0 Å². The van der Waals surface area contributed by atoms with E-state index in [2.05, 4.69) is 5.32 Å². The second kappa shape index (κ2) is 20.2. The summed E-state index contributed by atoms with van der Waals surface area (Å²) in [6.07, 6.45) is -7.73. The van der Waals surface area contributed by atoms with Crippen LogP contribution in [0.3, 0.4) is 0 Å². The lowest BCUT2D eigenvalue weighted by molar-refractivity contribution is -0.323. The van der Waals surface area contributed by atoms with Gasteiger partial charge in [0.15, 0.2) is 17.5 Å². The number of carbonyl (C=O) groups is 7. The minimum Gasteiger partial charge on any atom is -0.455 e. The Bertz CT molecular complexity index is 2360. The van der Waals surface area contributed by atoms with Crippen LogP contribution in [-0.4, -0.2) is 127 Å². The first kappa shape index (κ1) is 52.1. The average molecular weight is 976 g/mol. The van der Waals surface area contributed by atoms with E-state index in [4.69, 9.17) is 42.6 Å². The Labute approximate surface area is 407 Å². The maximum atomic E-state index is 15.7. The fourth-order valence-corrected chi connectivity index (χ4v) is 11.2. The smallest absolute Gasteiger partial charge is 0.408 e. The Kier molecular flexibility index (Phi) is 15.0. The highest BCUT2D eigenvalue weighted by Crippen LogP contribution is 2.74. The fourth-order valence-electron chi connectivity index (χ4n) is 11.2. The minimum absolute atomic E-state index is 0.0264. The van der Waals surface area contributed by atoms with Gasteiger partial charge in [0.2, 0.25) is 6.10 Å². The maximum Gasteiger partial charge on any atom is 0.408 e. The number of hydrogen-bond donors (Lipinski definition) is 2. The first-order valence-electron chi connectivity index (χ1n) is 23.8. The Hall–Kier alpha value is -5.69. The molecule has 0 radical (unpaired) electrons. The molecule has 70 heavy (non-hydrogen) atoms. The Morgan fingerprint density at radius 2 is 1.53 bits per heavy atom. The van der Waals surface area contributed by atoms with Gasteiger partial charge in [-0.3, -0.25) is 14.4 Å². The van der Waals surface area contributed by atoms with Crippen LogP contribution in [-0.2, 0) is 66.6 Å². The number of ketones is 1. The van der Waals surface area contributed by atoms with Crippen LogP contribution in [0.4, 0.5) is 4.79 Å². The van der Waals surface area contributed by atoms with Crippen molar-refractivity contribution >= 4 is 41.7 Å². The summed E-state index contributed by atoms with van der Waals surface area (Å²) >= 11 is 0. The zero-order valence-corrected chi connectivity index (χ0v) is 41.2. The van der Waals surface area contributed by atoms with Crippen LogP contribution in [0.1, 0.15) is 110 Å². The number of ether oxygens (including phenoxy) is 9. The van der Waals surface area contributed by atoms with Crippen LogP contribution >= 0.6 is 0 Å². The Balaban J connectivity index is 1.36. The fraction of sp³-hybridized carbons (Fsp3) is 0.596. The number of alkyl carbamates (subject to hydrolysis) is 1. The monoisotopic (exact) mass is 975 g/mol. The van der Waals surface area contributed by atoms with E-state index in [1.807, 2.05) is 6.92 Å². The van der Waals surface area contributed by atoms with Crippen LogP contribution in [0.15, 0.2) is 71.8 Å². The molecule has 0 aromatic heterocycles. The first-order chi connectivity index (χ1) is 33.0. The van der Waals surface area contributed by atoms with Crippen molar-refractivity contribution < 1.29 is 81.3 Å². The van der Waals surface area contributed by atoms with Gasteiger partial charge in [-0.2, -0.15) is 0 Å². The van der Waals surface area contributed by atoms with E-state index in [1.165, 1.54) is 19.1 Å². The van der Waals surface area contributed by atoms with Gasteiger partial charge in [0, 0.05) is 37.7 Å². The number of esters is 5. The van der Waals surface area contributed by atoms with Crippen LogP contribution in [0, 0.1) is 22.7 Å². The molecular formula is C52H65NO17. The molecule has 11 atom stereocenters. The van der Waals surface area contributed by atoms with E-state index in [0.29, 0.717) is 18.6 Å². The molecule has 2 N–H and O–H groups in total. The molecule has 2 bridgehead atoms. The van der Waals surface area contributed by atoms with E-state index in [1.54, 1.807) is 90.1 Å². The predicted octanol–water partition coefficient (Wildman–Crippen LogP) is 5.46. The van der Waals surface area contributed by atoms with Gasteiger partial charge in [0.1, 0.15) is 42.2 Å². The molecule has 2 aromatic rings. The highest BCUT2D eigenvalue weighted by molar-refractivity contribution is 5.98. The van der Waals surface area contributed by atoms with Gasteiger partial charge in [-0.05, 0) is 81.7 Å². The zero-order chi connectivity index (χ0) is 51.0. The molecule has 1 spiro atoms. The summed E-state index contributed by atoms with van der Waals surface area (Å²) in [5.74, 6) is -6.84. The third kappa shape index (κ3) is 9.97. The SMILES string of the molecule is CCCOCCOCC(=O)O[C@@H](C(=O)O[C@H]1C[C@@]2(O)[C@@H](OC(=O)c3ccccc3)[C@@H]3[C@]4(OC(C)=O)CO[C@@H]4C[C@@H]4C[C@@]43C(=O)[C@H](OC(C)=O)C(=C1C)C2(C)C)[C@@H](NC(=O)OC(C)(C)C)c1ccccc1. The normalized spacial score (nSPS) is 30.2. The molecule has 5 aliphatic rings. The third-order valence-corrected chi connectivity index (χ3v) is 14.4. The number of amides is 1. The van der Waals surface area contributed by atoms with Crippen LogP contribution < -0.4 is 5.32 Å². The van der Waals surface area contributed by atoms with Gasteiger partial charge < -0.3 is 53.1 Å². The van der Waals surface area contributed by atoms with Crippen molar-refractivity contribution in [1.82, 2.24) is 5.32 Å². The lowest BCUT2D eigenvalue weighted by Crippen LogP contribution is -2.78. The van der Waals surface area contributed by atoms with Crippen LogP contribution in [0.5, 0.6) is 0 Å². The molecule has 1 amide bonds. The number of nitrogens with one attached hydrogen (secondary N) is 1. The number of carbonyl (C=O) groups excluding carboxylic acids is 7. The molecule has 18 nitrogen and oxygen atoms in total. The van der Waals surface area contributed by atoms with Gasteiger partial charge in [-0.1, -0.05) is 69.3 Å². The lowest BCUT2D eigenvalue weighted by Gasteiger charge is -2.64. The number of rotatable bonds is 17. The van der Waals surface area contributed by atoms with Crippen molar-refractivity contribution in [1.29, 1.82) is 0 Å². The average Bonchev–Trinajstić information content (AvgIpc) is 4.02. The number of aliphatic hydroxyl groups is 1. The molecule has 1 heterocycles. The van der Waals surface area contributed by atoms with E-state index in [-0.39, 0.29) is 43.0 Å². The van der Waals surface area contributed by atoms with Crippen molar-refractivity contribution in [2.24, 2.45) is 22.7 Å². The molecule has 0 unspecified atom stereocenters. The largest absolute Gasteiger partial charge is 0.455 e. The number of Topliss-reactive ketones (excluding diaryl/α,β-unsaturated/α-hetero) is 1. The standard InChI is InChI=1S/C52H65NO17/c1-10-21-62-22-23-63-27-37(56)67-41(39(32-17-13-11-14-18-32)53-47(60)70-48(5,6)7)46(59)66-35-26-52(61)44(68-45(58)33-19-15-12-16-20-33)42-50(25-34(50)24-36-51(42,28-64-36)69-31(4)55)43(57)40(65-30(3)54)38(29(35)2)49(52,8)9/h11-20,34-36,39-42,44,61H,10,21-28H2,1-9H3,(H,53,60)/t34-,35+,36-,39+,40-,41-,42+,44+,50-,51+,52-/m1/s1. The lowest BCUT2D eigenvalue weighted by atomic mass is 9.48. The van der Waals surface area contributed by atoms with Crippen molar-refractivity contribution in [2.45, 2.75) is 141 Å². The third-order valence-electron chi connectivity index (χ3n) is 14.4. The molecule has 4 aliphatic carbocycles. The molecular weight excluding hydrogens is 911 g/mol. The van der Waals surface area contributed by atoms with E-state index in [0.717, 1.165) is 13.3 Å². The second-order valence-electron chi connectivity index (χ2n) is 20.4. The molecule has 18 heteroatoms. The number of benzene rings is 2. The summed E-state index contributed by atoms with van der Waals surface area (Å²) in [5, 5.41) is 16.6. The zero-order valence-electron chi connectivity index (χ0n) is 41.2. The topological polar surface area (TPSA) is 235 Å². The molecule has 3 saturated carbocycles. The first-order valence-corrected chi connectivity index (χ1v) is 23.8. The second-order valence-corrected chi connectivity index (χ2v) is 20.4. The minimum atomic E-state index is -2.32. The van der Waals surface area contributed by atoms with E-state index in [9.17, 15) is 29.1 Å². The molecule has 2 aromatic carbocycles. The quantitative estimate of drug-likeness (QED) is 0.0866. The van der Waals surface area contributed by atoms with Gasteiger partial charge in [0.05, 0.1) is 31.3 Å². The molecule has 1 aliphatic heterocycles. The van der Waals surface area contributed by atoms with Crippen molar-refractivity contribution in [3.05, 3.63) is 82.9 Å². The summed E-state index contributed by atoms with van der Waals surface area (Å²) in [4.78, 5) is 98.7. The summed E-state index contributed by atoms with van der Waals surface area (Å²) < 4.78 is 53.6. The summed E-state index contributed by atoms with van der Waals surface area (Å²) in [6, 6.07) is 14.8. The maximum absolute atomic E-state index is 15.7. The molecule has 4 fully saturated rings. The summed E-state index contributed by atoms with van der Waals surface area (Å²) in [6.45, 7) is 13.9. The van der Waals surface area contributed by atoms with Gasteiger partial charge in [0.25, 0.3) is 0 Å². The highest BCUT2D eigenvalue weighted by Gasteiger charge is 2.84.